The zero-order valence-corrected chi connectivity index (χ0v) is 14.3. The van der Waals surface area contributed by atoms with Gasteiger partial charge in [0.05, 0.1) is 18.7 Å². The van der Waals surface area contributed by atoms with Gasteiger partial charge in [-0.3, -0.25) is 4.79 Å². The first-order chi connectivity index (χ1) is 12.6. The van der Waals surface area contributed by atoms with Gasteiger partial charge in [-0.1, -0.05) is 36.4 Å². The number of benzene rings is 2. The molecule has 1 N–H and O–H groups in total. The Balaban J connectivity index is 2.01. The summed E-state index contributed by atoms with van der Waals surface area (Å²) >= 11 is 0. The molecule has 6 heteroatoms. The summed E-state index contributed by atoms with van der Waals surface area (Å²) in [6.07, 6.45) is 0. The van der Waals surface area contributed by atoms with Gasteiger partial charge >= 0.3 is 0 Å². The van der Waals surface area contributed by atoms with Crippen molar-refractivity contribution in [2.45, 2.75) is 18.0 Å². The molecule has 0 radical (unpaired) electrons. The van der Waals surface area contributed by atoms with Crippen molar-refractivity contribution in [3.63, 3.8) is 0 Å². The van der Waals surface area contributed by atoms with E-state index in [1.165, 1.54) is 24.1 Å². The molecule has 0 spiro atoms. The number of aliphatic hydroxyl groups excluding tert-OH is 1. The van der Waals surface area contributed by atoms with E-state index in [9.17, 15) is 19.6 Å². The molecule has 1 amide bonds. The summed E-state index contributed by atoms with van der Waals surface area (Å²) in [4.78, 5) is 13.6. The lowest BCUT2D eigenvalue weighted by Crippen LogP contribution is -2.66. The monoisotopic (exact) mass is 354 g/mol. The summed E-state index contributed by atoms with van der Waals surface area (Å²) in [6.45, 7) is -0.414. The number of carbonyl (C=O) groups excluding carboxylic acids is 1. The molecule has 2 aromatic rings. The van der Waals surface area contributed by atoms with Crippen LogP contribution in [0.1, 0.15) is 11.5 Å². The van der Waals surface area contributed by atoms with Crippen LogP contribution in [0.4, 0.5) is 4.39 Å². The largest absolute Gasteiger partial charge is 0.394 e. The molecule has 134 valence electrons. The Bertz CT molecular complexity index is 849. The summed E-state index contributed by atoms with van der Waals surface area (Å²) in [5, 5.41) is 19.4. The van der Waals surface area contributed by atoms with Crippen LogP contribution in [0.15, 0.2) is 48.5 Å². The standard InChI is InChI=1S/C20H19FN2O3/c1-26-12-19(25)23-17(10-22)20(18(23)11-24)16-8-3-2-7-15(16)13-5-4-6-14(21)9-13/h2-9,17-18,20,24H,11-12H2,1H3/t17-,18-,20-/m0/s1. The first kappa shape index (κ1) is 18.1. The first-order valence-corrected chi connectivity index (χ1v) is 8.27. The zero-order chi connectivity index (χ0) is 18.7. The lowest BCUT2D eigenvalue weighted by molar-refractivity contribution is -0.150. The summed E-state index contributed by atoms with van der Waals surface area (Å²) in [5.74, 6) is -1.04. The van der Waals surface area contributed by atoms with Crippen molar-refractivity contribution < 1.29 is 19.0 Å². The Labute approximate surface area is 151 Å². The maximum atomic E-state index is 13.7. The zero-order valence-electron chi connectivity index (χ0n) is 14.3. The topological polar surface area (TPSA) is 73.6 Å². The minimum absolute atomic E-state index is 0.146. The Kier molecular flexibility index (Phi) is 5.31. The Morgan fingerprint density at radius 1 is 1.31 bits per heavy atom. The fourth-order valence-corrected chi connectivity index (χ4v) is 3.63. The molecule has 1 fully saturated rings. The molecule has 0 aromatic heterocycles. The number of amides is 1. The van der Waals surface area contributed by atoms with E-state index >= 15 is 0 Å². The molecule has 1 aliphatic rings. The van der Waals surface area contributed by atoms with E-state index in [4.69, 9.17) is 4.74 Å². The molecule has 0 saturated carbocycles. The molecule has 26 heavy (non-hydrogen) atoms. The number of halogens is 1. The number of rotatable bonds is 5. The molecule has 1 heterocycles. The number of hydrogen-bond acceptors (Lipinski definition) is 4. The summed E-state index contributed by atoms with van der Waals surface area (Å²) in [5.41, 5.74) is 2.29. The van der Waals surface area contributed by atoms with E-state index in [2.05, 4.69) is 6.07 Å². The van der Waals surface area contributed by atoms with Gasteiger partial charge in [0.15, 0.2) is 0 Å². The first-order valence-electron chi connectivity index (χ1n) is 8.27. The Hall–Kier alpha value is -2.75. The summed E-state index contributed by atoms with van der Waals surface area (Å²) in [6, 6.07) is 14.5. The SMILES string of the molecule is COCC(=O)N1[C@@H](C#N)[C@H](c2ccccc2-c2cccc(F)c2)[C@@H]1CO. The van der Waals surface area contributed by atoms with Crippen molar-refractivity contribution in [2.24, 2.45) is 0 Å². The molecule has 3 atom stereocenters. The Morgan fingerprint density at radius 2 is 2.08 bits per heavy atom. The fraction of sp³-hybridized carbons (Fsp3) is 0.300. The van der Waals surface area contributed by atoms with Crippen LogP contribution in [0.5, 0.6) is 0 Å². The molecular formula is C20H19FN2O3. The van der Waals surface area contributed by atoms with Crippen molar-refractivity contribution in [1.29, 1.82) is 5.26 Å². The third-order valence-electron chi connectivity index (χ3n) is 4.74. The van der Waals surface area contributed by atoms with Gasteiger partial charge in [0.25, 0.3) is 0 Å². The second-order valence-corrected chi connectivity index (χ2v) is 6.18. The quantitative estimate of drug-likeness (QED) is 0.894. The second-order valence-electron chi connectivity index (χ2n) is 6.18. The summed E-state index contributed by atoms with van der Waals surface area (Å²) in [7, 11) is 1.41. The van der Waals surface area contributed by atoms with Crippen molar-refractivity contribution in [1.82, 2.24) is 4.90 Å². The molecule has 1 saturated heterocycles. The highest BCUT2D eigenvalue weighted by molar-refractivity contribution is 5.81. The maximum Gasteiger partial charge on any atom is 0.249 e. The molecule has 2 aromatic carbocycles. The van der Waals surface area contributed by atoms with E-state index < -0.39 is 12.1 Å². The number of aliphatic hydroxyl groups is 1. The highest BCUT2D eigenvalue weighted by atomic mass is 19.1. The molecule has 0 aliphatic carbocycles. The van der Waals surface area contributed by atoms with Crippen molar-refractivity contribution in [3.8, 4) is 17.2 Å². The molecular weight excluding hydrogens is 335 g/mol. The van der Waals surface area contributed by atoms with Crippen LogP contribution in [0.3, 0.4) is 0 Å². The minimum atomic E-state index is -0.704. The molecule has 0 unspecified atom stereocenters. The normalized spacial score (nSPS) is 21.8. The van der Waals surface area contributed by atoms with Crippen molar-refractivity contribution in [3.05, 3.63) is 59.9 Å². The van der Waals surface area contributed by atoms with E-state index in [1.54, 1.807) is 12.1 Å². The number of ether oxygens (including phenoxy) is 1. The average Bonchev–Trinajstić information content (AvgIpc) is 2.62. The third-order valence-corrected chi connectivity index (χ3v) is 4.74. The highest BCUT2D eigenvalue weighted by Crippen LogP contribution is 2.44. The molecule has 1 aliphatic heterocycles. The van der Waals surface area contributed by atoms with Gasteiger partial charge in [-0.2, -0.15) is 5.26 Å². The van der Waals surface area contributed by atoms with Gasteiger partial charge in [-0.25, -0.2) is 4.39 Å². The lowest BCUT2D eigenvalue weighted by Gasteiger charge is -2.52. The van der Waals surface area contributed by atoms with Gasteiger partial charge < -0.3 is 14.7 Å². The predicted octanol–water partition coefficient (Wildman–Crippen LogP) is 2.32. The van der Waals surface area contributed by atoms with Crippen LogP contribution in [-0.4, -0.2) is 48.3 Å². The van der Waals surface area contributed by atoms with Gasteiger partial charge in [0, 0.05) is 13.0 Å². The molecule has 3 rings (SSSR count). The number of methoxy groups -OCH3 is 1. The third kappa shape index (κ3) is 3.07. The average molecular weight is 354 g/mol. The number of likely N-dealkylation sites (tertiary alicyclic amines) is 1. The van der Waals surface area contributed by atoms with Crippen LogP contribution in [0.25, 0.3) is 11.1 Å². The maximum absolute atomic E-state index is 13.7. The molecule has 5 nitrogen and oxygen atoms in total. The smallest absolute Gasteiger partial charge is 0.249 e. The van der Waals surface area contributed by atoms with Crippen molar-refractivity contribution >= 4 is 5.91 Å². The van der Waals surface area contributed by atoms with Gasteiger partial charge in [0.1, 0.15) is 18.5 Å². The highest BCUT2D eigenvalue weighted by Gasteiger charge is 2.52. The van der Waals surface area contributed by atoms with Crippen LogP contribution in [0.2, 0.25) is 0 Å². The summed E-state index contributed by atoms with van der Waals surface area (Å²) < 4.78 is 18.5. The number of nitrogens with zero attached hydrogens (tertiary/aromatic N) is 2. The van der Waals surface area contributed by atoms with E-state index in [1.807, 2.05) is 24.3 Å². The van der Waals surface area contributed by atoms with Crippen LogP contribution in [-0.2, 0) is 9.53 Å². The van der Waals surface area contributed by atoms with Gasteiger partial charge in [-0.05, 0) is 28.8 Å². The molecule has 0 bridgehead atoms. The number of nitriles is 1. The van der Waals surface area contributed by atoms with Crippen LogP contribution >= 0.6 is 0 Å². The second kappa shape index (κ2) is 7.65. The van der Waals surface area contributed by atoms with Crippen molar-refractivity contribution in [2.75, 3.05) is 20.3 Å². The van der Waals surface area contributed by atoms with Crippen LogP contribution in [0, 0.1) is 17.1 Å². The van der Waals surface area contributed by atoms with E-state index in [-0.39, 0.29) is 30.9 Å². The van der Waals surface area contributed by atoms with Crippen LogP contribution < -0.4 is 0 Å². The van der Waals surface area contributed by atoms with Gasteiger partial charge in [0.2, 0.25) is 5.91 Å². The number of carbonyl (C=O) groups is 1. The number of hydrogen-bond donors (Lipinski definition) is 1. The predicted molar refractivity (Wildman–Crippen MR) is 93.6 cm³/mol. The van der Waals surface area contributed by atoms with Gasteiger partial charge in [-0.15, -0.1) is 0 Å². The minimum Gasteiger partial charge on any atom is -0.394 e. The fourth-order valence-electron chi connectivity index (χ4n) is 3.63. The lowest BCUT2D eigenvalue weighted by atomic mass is 9.73. The Morgan fingerprint density at radius 3 is 2.73 bits per heavy atom. The van der Waals surface area contributed by atoms with E-state index in [0.717, 1.165) is 11.1 Å². The van der Waals surface area contributed by atoms with E-state index in [0.29, 0.717) is 5.56 Å².